The van der Waals surface area contributed by atoms with Gasteiger partial charge in [0.15, 0.2) is 0 Å². The van der Waals surface area contributed by atoms with Crippen molar-refractivity contribution in [3.05, 3.63) is 61.0 Å². The molecule has 1 unspecified atom stereocenters. The second-order valence-electron chi connectivity index (χ2n) is 4.13. The van der Waals surface area contributed by atoms with Crippen molar-refractivity contribution in [3.8, 4) is 0 Å². The molecule has 2 rings (SSSR count). The van der Waals surface area contributed by atoms with Crippen LogP contribution in [-0.4, -0.2) is 0 Å². The van der Waals surface area contributed by atoms with Crippen molar-refractivity contribution >= 4 is 60.7 Å². The predicted molar refractivity (Wildman–Crippen MR) is 90.3 cm³/mol. The van der Waals surface area contributed by atoms with E-state index in [9.17, 15) is 0 Å². The van der Waals surface area contributed by atoms with Gasteiger partial charge in [-0.1, -0.05) is 73.3 Å². The molecule has 0 aliphatic heterocycles. The highest BCUT2D eigenvalue weighted by atomic mass is 79.9. The van der Waals surface area contributed by atoms with Crippen molar-refractivity contribution in [2.24, 2.45) is 0 Å². The van der Waals surface area contributed by atoms with Crippen LogP contribution in [0.4, 0.5) is 5.69 Å². The molecule has 0 aromatic heterocycles. The van der Waals surface area contributed by atoms with Gasteiger partial charge in [0.1, 0.15) is 0 Å². The molecular weight excluding hydrogens is 413 g/mol. The van der Waals surface area contributed by atoms with Gasteiger partial charge in [0, 0.05) is 15.0 Å². The average molecular weight is 424 g/mol. The second kappa shape index (κ2) is 6.49. The molecule has 2 aromatic carbocycles. The van der Waals surface area contributed by atoms with Crippen molar-refractivity contribution in [1.29, 1.82) is 0 Å². The van der Waals surface area contributed by atoms with Crippen LogP contribution in [0.2, 0.25) is 10.0 Å². The SMILES string of the molecule is CC(Nc1c(Cl)cc(Br)cc1Cl)c1ccccc1Br. The highest BCUT2D eigenvalue weighted by molar-refractivity contribution is 9.10. The summed E-state index contributed by atoms with van der Waals surface area (Å²) < 4.78 is 1.92. The number of nitrogens with one attached hydrogen (secondary N) is 1. The summed E-state index contributed by atoms with van der Waals surface area (Å²) in [6, 6.07) is 11.8. The lowest BCUT2D eigenvalue weighted by Crippen LogP contribution is -2.08. The van der Waals surface area contributed by atoms with Crippen LogP contribution in [0.1, 0.15) is 18.5 Å². The van der Waals surface area contributed by atoms with E-state index in [0.717, 1.165) is 20.2 Å². The first-order valence-electron chi connectivity index (χ1n) is 5.64. The summed E-state index contributed by atoms with van der Waals surface area (Å²) in [4.78, 5) is 0. The molecule has 0 saturated heterocycles. The Bertz CT molecular complexity index is 579. The minimum atomic E-state index is 0.0896. The number of hydrogen-bond donors (Lipinski definition) is 1. The highest BCUT2D eigenvalue weighted by Gasteiger charge is 2.13. The molecule has 0 saturated carbocycles. The lowest BCUT2D eigenvalue weighted by Gasteiger charge is -2.19. The second-order valence-corrected chi connectivity index (χ2v) is 6.72. The smallest absolute Gasteiger partial charge is 0.0724 e. The first kappa shape index (κ1) is 15.2. The Morgan fingerprint density at radius 1 is 1.05 bits per heavy atom. The molecule has 0 radical (unpaired) electrons. The summed E-state index contributed by atoms with van der Waals surface area (Å²) >= 11 is 19.3. The van der Waals surface area contributed by atoms with Gasteiger partial charge in [-0.15, -0.1) is 0 Å². The molecule has 0 fully saturated rings. The fourth-order valence-electron chi connectivity index (χ4n) is 1.80. The van der Waals surface area contributed by atoms with Gasteiger partial charge < -0.3 is 5.32 Å². The van der Waals surface area contributed by atoms with Gasteiger partial charge in [0.25, 0.3) is 0 Å². The van der Waals surface area contributed by atoms with Crippen LogP contribution in [-0.2, 0) is 0 Å². The molecule has 1 nitrogen and oxygen atoms in total. The molecule has 0 amide bonds. The number of halogens is 4. The summed E-state index contributed by atoms with van der Waals surface area (Å²) in [5.41, 5.74) is 1.90. The Labute approximate surface area is 139 Å². The van der Waals surface area contributed by atoms with Gasteiger partial charge in [-0.2, -0.15) is 0 Å². The van der Waals surface area contributed by atoms with Crippen LogP contribution in [0, 0.1) is 0 Å². The zero-order valence-electron chi connectivity index (χ0n) is 10.1. The number of hydrogen-bond acceptors (Lipinski definition) is 1. The number of rotatable bonds is 3. The summed E-state index contributed by atoms with van der Waals surface area (Å²) in [5.74, 6) is 0. The molecule has 2 aromatic rings. The van der Waals surface area contributed by atoms with Crippen LogP contribution in [0.3, 0.4) is 0 Å². The van der Waals surface area contributed by atoms with Gasteiger partial charge in [-0.25, -0.2) is 0 Å². The lowest BCUT2D eigenvalue weighted by atomic mass is 10.1. The average Bonchev–Trinajstić information content (AvgIpc) is 2.34. The largest absolute Gasteiger partial charge is 0.376 e. The number of anilines is 1. The lowest BCUT2D eigenvalue weighted by molar-refractivity contribution is 0.879. The fourth-order valence-corrected chi connectivity index (χ4v) is 3.75. The Hall–Kier alpha value is -0.220. The van der Waals surface area contributed by atoms with Crippen molar-refractivity contribution in [2.75, 3.05) is 5.32 Å². The maximum atomic E-state index is 6.22. The monoisotopic (exact) mass is 421 g/mol. The molecule has 0 aliphatic rings. The van der Waals surface area contributed by atoms with Crippen molar-refractivity contribution < 1.29 is 0 Å². The third-order valence-corrected chi connectivity index (χ3v) is 4.52. The topological polar surface area (TPSA) is 12.0 Å². The van der Waals surface area contributed by atoms with Gasteiger partial charge in [-0.3, -0.25) is 0 Å². The van der Waals surface area contributed by atoms with Gasteiger partial charge in [0.2, 0.25) is 0 Å². The van der Waals surface area contributed by atoms with Crippen LogP contribution < -0.4 is 5.32 Å². The molecule has 0 bridgehead atoms. The Kier molecular flexibility index (Phi) is 5.18. The van der Waals surface area contributed by atoms with E-state index in [1.165, 1.54) is 0 Å². The van der Waals surface area contributed by atoms with E-state index in [1.54, 1.807) is 0 Å². The molecule has 0 spiro atoms. The molecule has 100 valence electrons. The Morgan fingerprint density at radius 3 is 2.21 bits per heavy atom. The minimum absolute atomic E-state index is 0.0896. The first-order chi connectivity index (χ1) is 8.99. The van der Waals surface area contributed by atoms with Crippen LogP contribution in [0.15, 0.2) is 45.3 Å². The third-order valence-electron chi connectivity index (χ3n) is 2.74. The Morgan fingerprint density at radius 2 is 1.63 bits per heavy atom. The molecule has 1 atom stereocenters. The molecular formula is C14H11Br2Cl2N. The maximum absolute atomic E-state index is 6.22. The normalized spacial score (nSPS) is 12.3. The zero-order valence-corrected chi connectivity index (χ0v) is 14.7. The zero-order chi connectivity index (χ0) is 14.0. The van der Waals surface area contributed by atoms with Crippen molar-refractivity contribution in [3.63, 3.8) is 0 Å². The highest BCUT2D eigenvalue weighted by Crippen LogP contribution is 2.36. The molecule has 5 heteroatoms. The predicted octanol–water partition coefficient (Wildman–Crippen LogP) is 6.69. The Balaban J connectivity index is 2.29. The van der Waals surface area contributed by atoms with E-state index in [1.807, 2.05) is 30.3 Å². The first-order valence-corrected chi connectivity index (χ1v) is 7.98. The molecule has 1 N–H and O–H groups in total. The summed E-state index contributed by atoms with van der Waals surface area (Å²) in [6.45, 7) is 2.06. The minimum Gasteiger partial charge on any atom is -0.376 e. The quantitative estimate of drug-likeness (QED) is 0.579. The summed E-state index contributed by atoms with van der Waals surface area (Å²) in [5, 5.41) is 4.54. The van der Waals surface area contributed by atoms with E-state index in [2.05, 4.69) is 50.2 Å². The van der Waals surface area contributed by atoms with Gasteiger partial charge in [-0.05, 0) is 30.7 Å². The summed E-state index contributed by atoms with van der Waals surface area (Å²) in [6.07, 6.45) is 0. The third kappa shape index (κ3) is 3.66. The number of benzene rings is 2. The summed E-state index contributed by atoms with van der Waals surface area (Å²) in [7, 11) is 0. The van der Waals surface area contributed by atoms with Crippen LogP contribution >= 0.6 is 55.1 Å². The van der Waals surface area contributed by atoms with E-state index < -0.39 is 0 Å². The van der Waals surface area contributed by atoms with Crippen LogP contribution in [0.5, 0.6) is 0 Å². The molecule has 19 heavy (non-hydrogen) atoms. The standard InChI is InChI=1S/C14H11Br2Cl2N/c1-8(10-4-2-3-5-11(10)16)19-14-12(17)6-9(15)7-13(14)18/h2-8,19H,1H3. The van der Waals surface area contributed by atoms with Crippen LogP contribution in [0.25, 0.3) is 0 Å². The molecule has 0 aliphatic carbocycles. The van der Waals surface area contributed by atoms with Crippen molar-refractivity contribution in [2.45, 2.75) is 13.0 Å². The van der Waals surface area contributed by atoms with E-state index in [4.69, 9.17) is 23.2 Å². The fraction of sp³-hybridized carbons (Fsp3) is 0.143. The van der Waals surface area contributed by atoms with Gasteiger partial charge >= 0.3 is 0 Å². The van der Waals surface area contributed by atoms with E-state index in [0.29, 0.717) is 10.0 Å². The van der Waals surface area contributed by atoms with E-state index in [-0.39, 0.29) is 6.04 Å². The molecule has 0 heterocycles. The van der Waals surface area contributed by atoms with E-state index >= 15 is 0 Å². The van der Waals surface area contributed by atoms with Gasteiger partial charge in [0.05, 0.1) is 15.7 Å². The van der Waals surface area contributed by atoms with Crippen molar-refractivity contribution in [1.82, 2.24) is 0 Å². The maximum Gasteiger partial charge on any atom is 0.0724 e.